The maximum absolute atomic E-state index is 12.8. The molecule has 0 aromatic rings. The van der Waals surface area contributed by atoms with E-state index in [9.17, 15) is 19.5 Å². The summed E-state index contributed by atoms with van der Waals surface area (Å²) in [5.74, 6) is -1.44. The van der Waals surface area contributed by atoms with Gasteiger partial charge in [0.15, 0.2) is 0 Å². The topological polar surface area (TPSA) is 98.7 Å². The number of carboxylic acids is 1. The Kier molecular flexibility index (Phi) is 5.98. The number of likely N-dealkylation sites (tertiary alicyclic amines) is 1. The molecule has 2 heterocycles. The number of hydrogen-bond acceptors (Lipinski definition) is 4. The number of nitrogens with one attached hydrogen (secondary N) is 2. The van der Waals surface area contributed by atoms with Gasteiger partial charge in [0.25, 0.3) is 0 Å². The number of nitrogens with zero attached hydrogens (tertiary/aromatic N) is 1. The number of hydrogen-bond donors (Lipinski definition) is 3. The van der Waals surface area contributed by atoms with E-state index in [0.717, 1.165) is 25.8 Å². The van der Waals surface area contributed by atoms with Crippen molar-refractivity contribution in [3.05, 3.63) is 0 Å². The summed E-state index contributed by atoms with van der Waals surface area (Å²) >= 11 is 0. The van der Waals surface area contributed by atoms with Gasteiger partial charge in [-0.1, -0.05) is 20.3 Å². The van der Waals surface area contributed by atoms with Crippen molar-refractivity contribution in [1.29, 1.82) is 0 Å². The predicted octanol–water partition coefficient (Wildman–Crippen LogP) is 0.345. The molecule has 23 heavy (non-hydrogen) atoms. The van der Waals surface area contributed by atoms with Crippen molar-refractivity contribution >= 4 is 17.8 Å². The lowest BCUT2D eigenvalue weighted by atomic mass is 9.97. The zero-order valence-corrected chi connectivity index (χ0v) is 13.9. The second-order valence-electron chi connectivity index (χ2n) is 6.55. The highest BCUT2D eigenvalue weighted by Gasteiger charge is 2.39. The van der Waals surface area contributed by atoms with E-state index in [0.29, 0.717) is 19.4 Å². The van der Waals surface area contributed by atoms with Gasteiger partial charge in [-0.25, -0.2) is 4.79 Å². The van der Waals surface area contributed by atoms with Gasteiger partial charge in [-0.2, -0.15) is 0 Å². The van der Waals surface area contributed by atoms with Crippen molar-refractivity contribution in [3.63, 3.8) is 0 Å². The van der Waals surface area contributed by atoms with Crippen molar-refractivity contribution in [3.8, 4) is 0 Å². The van der Waals surface area contributed by atoms with Gasteiger partial charge < -0.3 is 20.6 Å². The molecule has 2 fully saturated rings. The first-order valence-corrected chi connectivity index (χ1v) is 8.52. The van der Waals surface area contributed by atoms with Crippen LogP contribution >= 0.6 is 0 Å². The van der Waals surface area contributed by atoms with Crippen LogP contribution in [-0.2, 0) is 14.4 Å². The summed E-state index contributed by atoms with van der Waals surface area (Å²) in [6.07, 6.45) is 3.63. The van der Waals surface area contributed by atoms with Crippen LogP contribution in [0.1, 0.15) is 46.0 Å². The second kappa shape index (κ2) is 7.77. The molecule has 0 saturated carbocycles. The summed E-state index contributed by atoms with van der Waals surface area (Å²) in [5.41, 5.74) is 0. The van der Waals surface area contributed by atoms with Crippen molar-refractivity contribution in [1.82, 2.24) is 15.5 Å². The van der Waals surface area contributed by atoms with E-state index in [2.05, 4.69) is 10.6 Å². The molecule has 3 N–H and O–H groups in total. The van der Waals surface area contributed by atoms with Crippen LogP contribution in [0.5, 0.6) is 0 Å². The summed E-state index contributed by atoms with van der Waals surface area (Å²) in [6.45, 7) is 5.13. The lowest BCUT2D eigenvalue weighted by molar-refractivity contribution is -0.150. The van der Waals surface area contributed by atoms with Crippen LogP contribution in [0.4, 0.5) is 0 Å². The highest BCUT2D eigenvalue weighted by atomic mass is 16.4. The number of carbonyl (C=O) groups is 3. The van der Waals surface area contributed by atoms with Crippen LogP contribution < -0.4 is 10.6 Å². The molecule has 2 aliphatic rings. The predicted molar refractivity (Wildman–Crippen MR) is 84.8 cm³/mol. The first-order chi connectivity index (χ1) is 11.0. The Morgan fingerprint density at radius 2 is 2.04 bits per heavy atom. The van der Waals surface area contributed by atoms with Crippen molar-refractivity contribution < 1.29 is 19.5 Å². The third-order valence-electron chi connectivity index (χ3n) is 4.97. The highest BCUT2D eigenvalue weighted by Crippen LogP contribution is 2.21. The first-order valence-electron chi connectivity index (χ1n) is 8.52. The number of rotatable bonds is 6. The minimum Gasteiger partial charge on any atom is -0.480 e. The fourth-order valence-corrected chi connectivity index (χ4v) is 3.31. The fourth-order valence-electron chi connectivity index (χ4n) is 3.31. The van der Waals surface area contributed by atoms with Crippen LogP contribution in [0.25, 0.3) is 0 Å². The Bertz CT molecular complexity index is 462. The molecule has 2 amide bonds. The molecule has 0 aromatic heterocycles. The van der Waals surface area contributed by atoms with Crippen LogP contribution in [-0.4, -0.2) is 59.0 Å². The smallest absolute Gasteiger partial charge is 0.326 e. The van der Waals surface area contributed by atoms with E-state index in [1.54, 1.807) is 0 Å². The Morgan fingerprint density at radius 3 is 2.61 bits per heavy atom. The monoisotopic (exact) mass is 325 g/mol. The van der Waals surface area contributed by atoms with Crippen LogP contribution in [0.3, 0.4) is 0 Å². The molecule has 4 unspecified atom stereocenters. The number of carboxylic acid groups (broad SMARTS) is 1. The Labute approximate surface area is 136 Å². The molecule has 0 aromatic carbocycles. The highest BCUT2D eigenvalue weighted by molar-refractivity contribution is 5.92. The van der Waals surface area contributed by atoms with Gasteiger partial charge in [-0.3, -0.25) is 9.59 Å². The lowest BCUT2D eigenvalue weighted by Gasteiger charge is -2.31. The van der Waals surface area contributed by atoms with Crippen LogP contribution in [0, 0.1) is 5.92 Å². The largest absolute Gasteiger partial charge is 0.480 e. The molecule has 0 radical (unpaired) electrons. The van der Waals surface area contributed by atoms with Crippen LogP contribution in [0.15, 0.2) is 0 Å². The van der Waals surface area contributed by atoms with E-state index in [4.69, 9.17) is 0 Å². The second-order valence-corrected chi connectivity index (χ2v) is 6.55. The molecule has 7 heteroatoms. The van der Waals surface area contributed by atoms with E-state index >= 15 is 0 Å². The normalized spacial score (nSPS) is 26.8. The van der Waals surface area contributed by atoms with Gasteiger partial charge in [-0.05, 0) is 38.1 Å². The summed E-state index contributed by atoms with van der Waals surface area (Å²) in [7, 11) is 0. The third-order valence-corrected chi connectivity index (χ3v) is 4.97. The molecule has 4 atom stereocenters. The number of carbonyl (C=O) groups excluding carboxylic acids is 2. The summed E-state index contributed by atoms with van der Waals surface area (Å²) in [6, 6.07) is -1.67. The minimum absolute atomic E-state index is 0.0390. The molecular formula is C16H27N3O4. The van der Waals surface area contributed by atoms with Crippen molar-refractivity contribution in [2.45, 2.75) is 64.1 Å². The van der Waals surface area contributed by atoms with E-state index in [1.165, 1.54) is 4.90 Å². The quantitative estimate of drug-likeness (QED) is 0.654. The van der Waals surface area contributed by atoms with Gasteiger partial charge in [0, 0.05) is 6.54 Å². The molecular weight excluding hydrogens is 298 g/mol. The standard InChI is InChI=1S/C16H27N3O4/c1-3-10(2)13(18-14(20)11-6-4-8-17-11)15(21)19-9-5-7-12(19)16(22)23/h10-13,17H,3-9H2,1-2H3,(H,18,20)(H,22,23). The first kappa shape index (κ1) is 17.7. The van der Waals surface area contributed by atoms with Gasteiger partial charge >= 0.3 is 5.97 Å². The molecule has 0 spiro atoms. The van der Waals surface area contributed by atoms with Gasteiger partial charge in [0.2, 0.25) is 11.8 Å². The molecule has 0 bridgehead atoms. The van der Waals surface area contributed by atoms with E-state index in [1.807, 2.05) is 13.8 Å². The van der Waals surface area contributed by atoms with E-state index < -0.39 is 18.1 Å². The number of aliphatic carboxylic acids is 1. The SMILES string of the molecule is CCC(C)C(NC(=O)C1CCCN1)C(=O)N1CCCC1C(=O)O. The lowest BCUT2D eigenvalue weighted by Crippen LogP contribution is -2.56. The summed E-state index contributed by atoms with van der Waals surface area (Å²) < 4.78 is 0. The fraction of sp³-hybridized carbons (Fsp3) is 0.812. The molecule has 2 saturated heterocycles. The average molecular weight is 325 g/mol. The van der Waals surface area contributed by atoms with Crippen LogP contribution in [0.2, 0.25) is 0 Å². The molecule has 130 valence electrons. The summed E-state index contributed by atoms with van der Waals surface area (Å²) in [5, 5.41) is 15.3. The minimum atomic E-state index is -0.970. The zero-order chi connectivity index (χ0) is 17.0. The van der Waals surface area contributed by atoms with Gasteiger partial charge in [-0.15, -0.1) is 0 Å². The Balaban J connectivity index is 2.09. The maximum Gasteiger partial charge on any atom is 0.326 e. The zero-order valence-electron chi connectivity index (χ0n) is 13.9. The maximum atomic E-state index is 12.8. The molecule has 7 nitrogen and oxygen atoms in total. The number of amides is 2. The molecule has 2 aliphatic heterocycles. The molecule has 0 aliphatic carbocycles. The Hall–Kier alpha value is -1.63. The average Bonchev–Trinajstić information content (AvgIpc) is 3.21. The Morgan fingerprint density at radius 1 is 1.30 bits per heavy atom. The summed E-state index contributed by atoms with van der Waals surface area (Å²) in [4.78, 5) is 37.9. The van der Waals surface area contributed by atoms with Gasteiger partial charge in [0.05, 0.1) is 6.04 Å². The van der Waals surface area contributed by atoms with Gasteiger partial charge in [0.1, 0.15) is 12.1 Å². The van der Waals surface area contributed by atoms with Crippen molar-refractivity contribution in [2.75, 3.05) is 13.1 Å². The van der Waals surface area contributed by atoms with E-state index in [-0.39, 0.29) is 23.8 Å². The molecule has 2 rings (SSSR count). The van der Waals surface area contributed by atoms with Crippen molar-refractivity contribution in [2.24, 2.45) is 5.92 Å². The third kappa shape index (κ3) is 4.02.